The number of hydrogen-bond acceptors (Lipinski definition) is 4. The molecule has 5 heteroatoms. The van der Waals surface area contributed by atoms with Crippen LogP contribution in [0.2, 0.25) is 0 Å². The zero-order valence-corrected chi connectivity index (χ0v) is 14.3. The van der Waals surface area contributed by atoms with Crippen LogP contribution in [0.3, 0.4) is 0 Å². The van der Waals surface area contributed by atoms with E-state index in [0.717, 1.165) is 60.3 Å². The second kappa shape index (κ2) is 6.25. The van der Waals surface area contributed by atoms with Crippen molar-refractivity contribution in [3.05, 3.63) is 65.8 Å². The number of furan rings is 1. The maximum atomic E-state index is 13.3. The molecule has 1 aliphatic rings. The minimum absolute atomic E-state index is 0.291. The molecule has 1 saturated heterocycles. The topological polar surface area (TPSA) is 42.4 Å². The Morgan fingerprint density at radius 3 is 2.73 bits per heavy atom. The molecule has 0 unspecified atom stereocenters. The molecule has 0 radical (unpaired) electrons. The number of likely N-dealkylation sites (tertiary alicyclic amines) is 1. The second-order valence-electron chi connectivity index (χ2n) is 7.01. The Balaban J connectivity index is 1.28. The van der Waals surface area contributed by atoms with E-state index in [4.69, 9.17) is 8.94 Å². The SMILES string of the molecule is Fc1ccc2c(C3CCN(Cc4cc5ccccc5o4)CC3)noc2c1. The monoisotopic (exact) mass is 350 g/mol. The molecule has 4 nitrogen and oxygen atoms in total. The van der Waals surface area contributed by atoms with Crippen molar-refractivity contribution in [2.75, 3.05) is 13.1 Å². The third kappa shape index (κ3) is 2.78. The molecule has 2 aromatic heterocycles. The molecule has 4 aromatic rings. The number of para-hydroxylation sites is 1. The van der Waals surface area contributed by atoms with Gasteiger partial charge in [-0.15, -0.1) is 0 Å². The van der Waals surface area contributed by atoms with Crippen LogP contribution in [-0.2, 0) is 6.54 Å². The Bertz CT molecular complexity index is 1030. The van der Waals surface area contributed by atoms with Crippen LogP contribution >= 0.6 is 0 Å². The van der Waals surface area contributed by atoms with E-state index < -0.39 is 0 Å². The molecule has 26 heavy (non-hydrogen) atoms. The Kier molecular flexibility index (Phi) is 3.75. The van der Waals surface area contributed by atoms with E-state index in [-0.39, 0.29) is 5.82 Å². The molecular weight excluding hydrogens is 331 g/mol. The van der Waals surface area contributed by atoms with Gasteiger partial charge in [-0.3, -0.25) is 4.90 Å². The van der Waals surface area contributed by atoms with Crippen molar-refractivity contribution in [2.45, 2.75) is 25.3 Å². The van der Waals surface area contributed by atoms with Gasteiger partial charge in [0.25, 0.3) is 0 Å². The van der Waals surface area contributed by atoms with Crippen molar-refractivity contribution in [2.24, 2.45) is 0 Å². The molecule has 1 fully saturated rings. The zero-order chi connectivity index (χ0) is 17.5. The summed E-state index contributed by atoms with van der Waals surface area (Å²) >= 11 is 0. The lowest BCUT2D eigenvalue weighted by atomic mass is 9.91. The van der Waals surface area contributed by atoms with E-state index >= 15 is 0 Å². The summed E-state index contributed by atoms with van der Waals surface area (Å²) in [5.74, 6) is 1.07. The van der Waals surface area contributed by atoms with Crippen LogP contribution in [0, 0.1) is 5.82 Å². The summed E-state index contributed by atoms with van der Waals surface area (Å²) in [7, 11) is 0. The highest BCUT2D eigenvalue weighted by molar-refractivity contribution is 5.80. The van der Waals surface area contributed by atoms with E-state index in [0.29, 0.717) is 11.5 Å². The Morgan fingerprint density at radius 1 is 1.04 bits per heavy atom. The zero-order valence-electron chi connectivity index (χ0n) is 14.3. The third-order valence-corrected chi connectivity index (χ3v) is 5.29. The molecule has 132 valence electrons. The van der Waals surface area contributed by atoms with E-state index in [2.05, 4.69) is 22.2 Å². The van der Waals surface area contributed by atoms with Crippen LogP contribution in [0.25, 0.3) is 21.9 Å². The lowest BCUT2D eigenvalue weighted by Crippen LogP contribution is -2.32. The van der Waals surface area contributed by atoms with Gasteiger partial charge in [0.1, 0.15) is 17.2 Å². The minimum Gasteiger partial charge on any atom is -0.460 e. The number of benzene rings is 2. The molecular formula is C21H19FN2O2. The van der Waals surface area contributed by atoms with Crippen molar-refractivity contribution >= 4 is 21.9 Å². The summed E-state index contributed by atoms with van der Waals surface area (Å²) in [6, 6.07) is 14.9. The molecule has 0 amide bonds. The van der Waals surface area contributed by atoms with Gasteiger partial charge in [0.05, 0.1) is 12.2 Å². The van der Waals surface area contributed by atoms with Gasteiger partial charge < -0.3 is 8.94 Å². The van der Waals surface area contributed by atoms with E-state index in [1.54, 1.807) is 6.07 Å². The molecule has 0 N–H and O–H groups in total. The fourth-order valence-corrected chi connectivity index (χ4v) is 3.92. The van der Waals surface area contributed by atoms with Crippen LogP contribution < -0.4 is 0 Å². The highest BCUT2D eigenvalue weighted by Gasteiger charge is 2.25. The Morgan fingerprint density at radius 2 is 1.88 bits per heavy atom. The van der Waals surface area contributed by atoms with Crippen molar-refractivity contribution < 1.29 is 13.3 Å². The van der Waals surface area contributed by atoms with Crippen LogP contribution in [0.1, 0.15) is 30.2 Å². The summed E-state index contributed by atoms with van der Waals surface area (Å²) in [6.45, 7) is 2.79. The summed E-state index contributed by atoms with van der Waals surface area (Å²) < 4.78 is 24.6. The average Bonchev–Trinajstić information content (AvgIpc) is 3.25. The Hall–Kier alpha value is -2.66. The summed E-state index contributed by atoms with van der Waals surface area (Å²) in [4.78, 5) is 2.41. The van der Waals surface area contributed by atoms with E-state index in [1.807, 2.05) is 18.2 Å². The van der Waals surface area contributed by atoms with Gasteiger partial charge in [0, 0.05) is 22.8 Å². The smallest absolute Gasteiger partial charge is 0.170 e. The van der Waals surface area contributed by atoms with E-state index in [9.17, 15) is 4.39 Å². The number of rotatable bonds is 3. The van der Waals surface area contributed by atoms with Gasteiger partial charge in [-0.1, -0.05) is 23.4 Å². The number of fused-ring (bicyclic) bond motifs is 2. The fourth-order valence-electron chi connectivity index (χ4n) is 3.92. The maximum Gasteiger partial charge on any atom is 0.170 e. The second-order valence-corrected chi connectivity index (χ2v) is 7.01. The standard InChI is InChI=1S/C21H19FN2O2/c22-16-5-6-18-20(12-16)26-23-21(18)14-7-9-24(10-8-14)13-17-11-15-3-1-2-4-19(15)25-17/h1-6,11-12,14H,7-10,13H2. The maximum absolute atomic E-state index is 13.3. The summed E-state index contributed by atoms with van der Waals surface area (Å²) in [5, 5.41) is 6.30. The van der Waals surface area contributed by atoms with Gasteiger partial charge >= 0.3 is 0 Å². The minimum atomic E-state index is -0.291. The molecule has 0 atom stereocenters. The predicted molar refractivity (Wildman–Crippen MR) is 97.4 cm³/mol. The molecule has 5 rings (SSSR count). The number of piperidine rings is 1. The molecule has 0 aliphatic carbocycles. The highest BCUT2D eigenvalue weighted by atomic mass is 19.1. The molecule has 0 bridgehead atoms. The quantitative estimate of drug-likeness (QED) is 0.516. The van der Waals surface area contributed by atoms with E-state index in [1.165, 1.54) is 12.1 Å². The lowest BCUT2D eigenvalue weighted by molar-refractivity contribution is 0.190. The van der Waals surface area contributed by atoms with Gasteiger partial charge in [-0.05, 0) is 50.2 Å². The Labute approximate surface area is 150 Å². The van der Waals surface area contributed by atoms with Gasteiger partial charge in [0.2, 0.25) is 0 Å². The average molecular weight is 350 g/mol. The molecule has 2 aromatic carbocycles. The predicted octanol–water partition coefficient (Wildman–Crippen LogP) is 5.09. The van der Waals surface area contributed by atoms with Gasteiger partial charge in [0.15, 0.2) is 5.58 Å². The molecule has 1 aliphatic heterocycles. The van der Waals surface area contributed by atoms with Gasteiger partial charge in [-0.2, -0.15) is 0 Å². The first-order valence-electron chi connectivity index (χ1n) is 9.01. The van der Waals surface area contributed by atoms with Crippen molar-refractivity contribution in [3.8, 4) is 0 Å². The van der Waals surface area contributed by atoms with Crippen LogP contribution in [0.15, 0.2) is 57.5 Å². The number of halogens is 1. The molecule has 3 heterocycles. The summed E-state index contributed by atoms with van der Waals surface area (Å²) in [6.07, 6.45) is 2.03. The van der Waals surface area contributed by atoms with Crippen LogP contribution in [0.5, 0.6) is 0 Å². The third-order valence-electron chi connectivity index (χ3n) is 5.29. The van der Waals surface area contributed by atoms with Crippen LogP contribution in [-0.4, -0.2) is 23.1 Å². The highest BCUT2D eigenvalue weighted by Crippen LogP contribution is 2.33. The van der Waals surface area contributed by atoms with Crippen molar-refractivity contribution in [1.29, 1.82) is 0 Å². The first kappa shape index (κ1) is 15.6. The normalized spacial score (nSPS) is 16.7. The van der Waals surface area contributed by atoms with Crippen molar-refractivity contribution in [3.63, 3.8) is 0 Å². The lowest BCUT2D eigenvalue weighted by Gasteiger charge is -2.30. The summed E-state index contributed by atoms with van der Waals surface area (Å²) in [5.41, 5.74) is 2.44. The molecule has 0 spiro atoms. The van der Waals surface area contributed by atoms with Crippen LogP contribution in [0.4, 0.5) is 4.39 Å². The molecule has 0 saturated carbocycles. The number of nitrogens with zero attached hydrogens (tertiary/aromatic N) is 2. The number of hydrogen-bond donors (Lipinski definition) is 0. The number of aromatic nitrogens is 1. The largest absolute Gasteiger partial charge is 0.460 e. The van der Waals surface area contributed by atoms with Crippen molar-refractivity contribution in [1.82, 2.24) is 10.1 Å². The van der Waals surface area contributed by atoms with Gasteiger partial charge in [-0.25, -0.2) is 4.39 Å². The first-order valence-corrected chi connectivity index (χ1v) is 9.01. The fraction of sp³-hybridized carbons (Fsp3) is 0.286. The first-order chi connectivity index (χ1) is 12.8.